The lowest BCUT2D eigenvalue weighted by atomic mass is 9.98. The van der Waals surface area contributed by atoms with Crippen molar-refractivity contribution in [1.82, 2.24) is 4.98 Å². The number of anilines is 2. The van der Waals surface area contributed by atoms with Crippen molar-refractivity contribution in [3.8, 4) is 17.2 Å². The molecule has 33 heavy (non-hydrogen) atoms. The first-order chi connectivity index (χ1) is 15.9. The number of ether oxygens (including phenoxy) is 2. The number of nitrogens with one attached hydrogen (secondary N) is 2. The minimum atomic E-state index is -0.667. The molecule has 0 spiro atoms. The number of halogens is 1. The van der Waals surface area contributed by atoms with Crippen LogP contribution in [0.2, 0.25) is 0 Å². The summed E-state index contributed by atoms with van der Waals surface area (Å²) in [4.78, 5) is 29.2. The minimum absolute atomic E-state index is 0.0521. The third-order valence-corrected chi connectivity index (χ3v) is 4.86. The first kappa shape index (κ1) is 21.8. The van der Waals surface area contributed by atoms with Gasteiger partial charge in [0.15, 0.2) is 17.4 Å². The van der Waals surface area contributed by atoms with E-state index >= 15 is 0 Å². The summed E-state index contributed by atoms with van der Waals surface area (Å²) < 4.78 is 24.6. The molecule has 1 aliphatic rings. The van der Waals surface area contributed by atoms with Crippen molar-refractivity contribution in [3.63, 3.8) is 0 Å². The molecule has 2 heterocycles. The molecular weight excluding hydrogens is 425 g/mol. The second-order valence-electron chi connectivity index (χ2n) is 7.14. The number of benzene rings is 2. The van der Waals surface area contributed by atoms with Crippen molar-refractivity contribution in [2.45, 2.75) is 0 Å². The third-order valence-electron chi connectivity index (χ3n) is 4.86. The molecule has 8 heteroatoms. The fourth-order valence-corrected chi connectivity index (χ4v) is 3.11. The Balaban J connectivity index is 1.39. The standard InChI is InChI=1S/C25H20FN3O4/c1-15(17-3-5-18(26)6-4-17)22(30)16(2)25(31)29-19-7-9-20(10-8-19)33-21-11-12-27-24-23(21)32-14-13-28-24/h3-12H,1-2,13-14H2,(H,27,28)(H,29,31). The van der Waals surface area contributed by atoms with Crippen LogP contribution < -0.4 is 20.1 Å². The van der Waals surface area contributed by atoms with Crippen molar-refractivity contribution in [1.29, 1.82) is 0 Å². The van der Waals surface area contributed by atoms with Gasteiger partial charge in [-0.2, -0.15) is 0 Å². The molecular formula is C25H20FN3O4. The van der Waals surface area contributed by atoms with Crippen molar-refractivity contribution in [3.05, 3.63) is 90.9 Å². The Morgan fingerprint density at radius 2 is 1.79 bits per heavy atom. The maximum atomic E-state index is 13.1. The van der Waals surface area contributed by atoms with Crippen LogP contribution in [0.4, 0.5) is 15.9 Å². The first-order valence-corrected chi connectivity index (χ1v) is 10.1. The molecule has 4 rings (SSSR count). The van der Waals surface area contributed by atoms with Gasteiger partial charge in [0.05, 0.1) is 12.1 Å². The molecule has 1 amide bonds. The van der Waals surface area contributed by atoms with Crippen LogP contribution in [0.25, 0.3) is 5.57 Å². The molecule has 0 saturated heterocycles. The number of allylic oxidation sites excluding steroid dienone is 1. The number of carbonyl (C=O) groups is 2. The Bertz CT molecular complexity index is 1240. The molecule has 7 nitrogen and oxygen atoms in total. The molecule has 166 valence electrons. The Kier molecular flexibility index (Phi) is 6.17. The van der Waals surface area contributed by atoms with E-state index in [0.717, 1.165) is 0 Å². The molecule has 3 aromatic rings. The van der Waals surface area contributed by atoms with E-state index in [-0.39, 0.29) is 11.1 Å². The number of aromatic nitrogens is 1. The number of carbonyl (C=O) groups excluding carboxylic acids is 2. The van der Waals surface area contributed by atoms with E-state index in [1.54, 1.807) is 36.5 Å². The first-order valence-electron chi connectivity index (χ1n) is 10.1. The molecule has 0 aliphatic carbocycles. The quantitative estimate of drug-likeness (QED) is 0.314. The van der Waals surface area contributed by atoms with Gasteiger partial charge in [-0.05, 0) is 42.0 Å². The van der Waals surface area contributed by atoms with Gasteiger partial charge in [-0.15, -0.1) is 0 Å². The van der Waals surface area contributed by atoms with Gasteiger partial charge in [-0.3, -0.25) is 9.59 Å². The van der Waals surface area contributed by atoms with Crippen molar-refractivity contribution in [2.24, 2.45) is 0 Å². The van der Waals surface area contributed by atoms with Crippen molar-refractivity contribution >= 4 is 28.8 Å². The third kappa shape index (κ3) is 4.90. The van der Waals surface area contributed by atoms with E-state index in [0.29, 0.717) is 47.5 Å². The van der Waals surface area contributed by atoms with Crippen LogP contribution in [0.3, 0.4) is 0 Å². The van der Waals surface area contributed by atoms with Gasteiger partial charge in [0.1, 0.15) is 18.2 Å². The van der Waals surface area contributed by atoms with Gasteiger partial charge in [0.2, 0.25) is 5.75 Å². The number of nitrogens with zero attached hydrogens (tertiary/aromatic N) is 1. The SMILES string of the molecule is C=C(C(=O)Nc1ccc(Oc2ccnc3c2OCCN3)cc1)C(=O)C(=C)c1ccc(F)cc1. The largest absolute Gasteiger partial charge is 0.485 e. The number of rotatable bonds is 7. The van der Waals surface area contributed by atoms with Crippen molar-refractivity contribution in [2.75, 3.05) is 23.8 Å². The topological polar surface area (TPSA) is 89.6 Å². The van der Waals surface area contributed by atoms with Crippen LogP contribution in [0.1, 0.15) is 5.56 Å². The predicted octanol–water partition coefficient (Wildman–Crippen LogP) is 4.59. The van der Waals surface area contributed by atoms with E-state index in [2.05, 4.69) is 28.8 Å². The predicted molar refractivity (Wildman–Crippen MR) is 123 cm³/mol. The summed E-state index contributed by atoms with van der Waals surface area (Å²) in [5.41, 5.74) is 0.631. The van der Waals surface area contributed by atoms with Crippen LogP contribution >= 0.6 is 0 Å². The fraction of sp³-hybridized carbons (Fsp3) is 0.0800. The highest BCUT2D eigenvalue weighted by molar-refractivity contribution is 6.38. The minimum Gasteiger partial charge on any atom is -0.485 e. The summed E-state index contributed by atoms with van der Waals surface area (Å²) in [6, 6.07) is 13.6. The average Bonchev–Trinajstić information content (AvgIpc) is 2.84. The lowest BCUT2D eigenvalue weighted by molar-refractivity contribution is -0.117. The summed E-state index contributed by atoms with van der Waals surface area (Å²) in [6.07, 6.45) is 1.62. The molecule has 0 unspecified atom stereocenters. The van der Waals surface area contributed by atoms with Crippen LogP contribution in [0, 0.1) is 5.82 Å². The van der Waals surface area contributed by atoms with Crippen LogP contribution in [0.15, 0.2) is 79.5 Å². The lowest BCUT2D eigenvalue weighted by Gasteiger charge is -2.20. The molecule has 2 aromatic carbocycles. The smallest absolute Gasteiger partial charge is 0.259 e. The van der Waals surface area contributed by atoms with Gasteiger partial charge in [0.25, 0.3) is 5.91 Å². The highest BCUT2D eigenvalue weighted by Crippen LogP contribution is 2.38. The van der Waals surface area contributed by atoms with E-state index in [9.17, 15) is 14.0 Å². The zero-order valence-electron chi connectivity index (χ0n) is 17.6. The van der Waals surface area contributed by atoms with E-state index < -0.39 is 17.5 Å². The number of hydrogen-bond acceptors (Lipinski definition) is 6. The number of amides is 1. The summed E-state index contributed by atoms with van der Waals surface area (Å²) in [6.45, 7) is 8.46. The van der Waals surface area contributed by atoms with Crippen LogP contribution in [-0.4, -0.2) is 29.8 Å². The summed E-state index contributed by atoms with van der Waals surface area (Å²) in [5.74, 6) is 0.466. The lowest BCUT2D eigenvalue weighted by Crippen LogP contribution is -2.20. The number of Topliss-reactive ketones (excluding diaryl/α,β-unsaturated/α-hetero) is 1. The normalized spacial score (nSPS) is 11.9. The average molecular weight is 445 g/mol. The number of fused-ring (bicyclic) bond motifs is 1. The summed E-state index contributed by atoms with van der Waals surface area (Å²) >= 11 is 0. The van der Waals surface area contributed by atoms with Gasteiger partial charge < -0.3 is 20.1 Å². The summed E-state index contributed by atoms with van der Waals surface area (Å²) in [5, 5.41) is 5.76. The molecule has 1 aromatic heterocycles. The fourth-order valence-electron chi connectivity index (χ4n) is 3.11. The second kappa shape index (κ2) is 9.35. The van der Waals surface area contributed by atoms with Gasteiger partial charge in [-0.25, -0.2) is 9.37 Å². The highest BCUT2D eigenvalue weighted by Gasteiger charge is 2.20. The zero-order chi connectivity index (χ0) is 23.4. The van der Waals surface area contributed by atoms with Crippen LogP contribution in [0.5, 0.6) is 17.2 Å². The number of hydrogen-bond donors (Lipinski definition) is 2. The van der Waals surface area contributed by atoms with Crippen LogP contribution in [-0.2, 0) is 9.59 Å². The summed E-state index contributed by atoms with van der Waals surface area (Å²) in [7, 11) is 0. The Morgan fingerprint density at radius 3 is 2.52 bits per heavy atom. The molecule has 0 fully saturated rings. The Hall–Kier alpha value is -4.46. The van der Waals surface area contributed by atoms with Gasteiger partial charge >= 0.3 is 0 Å². The van der Waals surface area contributed by atoms with Gasteiger partial charge in [-0.1, -0.05) is 25.3 Å². The van der Waals surface area contributed by atoms with Crippen molar-refractivity contribution < 1.29 is 23.5 Å². The molecule has 2 N–H and O–H groups in total. The molecule has 0 atom stereocenters. The molecule has 0 radical (unpaired) electrons. The van der Waals surface area contributed by atoms with E-state index in [1.807, 2.05) is 0 Å². The molecule has 0 bridgehead atoms. The van der Waals surface area contributed by atoms with E-state index in [1.165, 1.54) is 24.3 Å². The number of ketones is 1. The molecule has 0 saturated carbocycles. The Morgan fingerprint density at radius 1 is 1.06 bits per heavy atom. The molecule has 1 aliphatic heterocycles. The maximum absolute atomic E-state index is 13.1. The highest BCUT2D eigenvalue weighted by atomic mass is 19.1. The maximum Gasteiger partial charge on any atom is 0.259 e. The monoisotopic (exact) mass is 445 g/mol. The zero-order valence-corrected chi connectivity index (χ0v) is 17.6. The van der Waals surface area contributed by atoms with E-state index in [4.69, 9.17) is 9.47 Å². The van der Waals surface area contributed by atoms with Gasteiger partial charge in [0, 0.05) is 23.5 Å². The Labute approximate surface area is 189 Å². The number of pyridine rings is 1. The second-order valence-corrected chi connectivity index (χ2v) is 7.14.